The van der Waals surface area contributed by atoms with Crippen LogP contribution in [0.5, 0.6) is 11.5 Å². The van der Waals surface area contributed by atoms with Crippen molar-refractivity contribution in [3.05, 3.63) is 94.5 Å². The molecular weight excluding hydrogens is 453 g/mol. The minimum Gasteiger partial charge on any atom is -0.477 e. The molecule has 0 bridgehead atoms. The Labute approximate surface area is 192 Å². The van der Waals surface area contributed by atoms with E-state index in [0.717, 1.165) is 11.1 Å². The van der Waals surface area contributed by atoms with Crippen molar-refractivity contribution in [2.24, 2.45) is 0 Å². The number of hydrogen-bond donors (Lipinski definition) is 3. The Morgan fingerprint density at radius 3 is 2.53 bits per heavy atom. The second-order valence-electron chi connectivity index (χ2n) is 6.70. The quantitative estimate of drug-likeness (QED) is 0.316. The first-order valence-corrected chi connectivity index (χ1v) is 10.1. The molecule has 7 nitrogen and oxygen atoms in total. The van der Waals surface area contributed by atoms with Gasteiger partial charge in [0.15, 0.2) is 5.69 Å². The first-order valence-electron chi connectivity index (χ1n) is 9.31. The van der Waals surface area contributed by atoms with Crippen LogP contribution in [-0.2, 0) is 0 Å². The van der Waals surface area contributed by atoms with Gasteiger partial charge in [0.1, 0.15) is 17.2 Å². The highest BCUT2D eigenvalue weighted by Gasteiger charge is 2.12. The molecule has 3 N–H and O–H groups in total. The smallest absolute Gasteiger partial charge is 0.354 e. The number of carboxylic acid groups (broad SMARTS) is 1. The predicted octanol–water partition coefficient (Wildman–Crippen LogP) is 6.13. The van der Waals surface area contributed by atoms with Crippen LogP contribution < -0.4 is 10.1 Å². The van der Waals surface area contributed by atoms with Crippen LogP contribution in [0.2, 0.25) is 10.0 Å². The third-order valence-corrected chi connectivity index (χ3v) is 5.20. The molecule has 0 spiro atoms. The number of aromatic nitrogens is 2. The number of aromatic carboxylic acids is 1. The molecule has 4 aromatic rings. The number of carbonyl (C=O) groups excluding carboxylic acids is 1. The number of hydrogen-bond acceptors (Lipinski definition) is 4. The molecule has 4 rings (SSSR count). The van der Waals surface area contributed by atoms with Crippen molar-refractivity contribution in [2.45, 2.75) is 0 Å². The van der Waals surface area contributed by atoms with E-state index in [4.69, 9.17) is 33.0 Å². The van der Waals surface area contributed by atoms with Crippen LogP contribution in [0.25, 0.3) is 11.1 Å². The van der Waals surface area contributed by atoms with Crippen molar-refractivity contribution < 1.29 is 19.4 Å². The fourth-order valence-corrected chi connectivity index (χ4v) is 3.23. The Kier molecular flexibility index (Phi) is 6.11. The molecule has 2 heterocycles. The maximum absolute atomic E-state index is 12.6. The number of anilines is 1. The summed E-state index contributed by atoms with van der Waals surface area (Å²) < 4.78 is 5.77. The van der Waals surface area contributed by atoms with Crippen molar-refractivity contribution in [1.29, 1.82) is 0 Å². The number of ether oxygens (including phenoxy) is 1. The number of aromatic amines is 1. The average Bonchev–Trinajstić information content (AvgIpc) is 3.27. The fraction of sp³-hybridized carbons (Fsp3) is 0. The fourth-order valence-electron chi connectivity index (χ4n) is 2.93. The summed E-state index contributed by atoms with van der Waals surface area (Å²) in [6.07, 6.45) is 3.07. The van der Waals surface area contributed by atoms with E-state index in [1.165, 1.54) is 12.3 Å². The summed E-state index contributed by atoms with van der Waals surface area (Å²) in [4.78, 5) is 30.4. The maximum atomic E-state index is 12.6. The van der Waals surface area contributed by atoms with Gasteiger partial charge in [-0.05, 0) is 48.0 Å². The summed E-state index contributed by atoms with van der Waals surface area (Å²) in [6, 6.07) is 16.6. The third kappa shape index (κ3) is 4.91. The molecule has 0 aliphatic rings. The van der Waals surface area contributed by atoms with Crippen LogP contribution in [0.15, 0.2) is 73.1 Å². The third-order valence-electron chi connectivity index (χ3n) is 4.46. The normalized spacial score (nSPS) is 10.6. The van der Waals surface area contributed by atoms with Crippen molar-refractivity contribution in [3.8, 4) is 22.6 Å². The van der Waals surface area contributed by atoms with E-state index in [-0.39, 0.29) is 11.6 Å². The van der Waals surface area contributed by atoms with Crippen LogP contribution in [0.1, 0.15) is 21.0 Å². The van der Waals surface area contributed by atoms with E-state index in [2.05, 4.69) is 15.3 Å². The first-order chi connectivity index (χ1) is 15.4. The van der Waals surface area contributed by atoms with Crippen LogP contribution >= 0.6 is 23.2 Å². The Morgan fingerprint density at radius 2 is 1.75 bits per heavy atom. The average molecular weight is 468 g/mol. The summed E-state index contributed by atoms with van der Waals surface area (Å²) >= 11 is 11.9. The second kappa shape index (κ2) is 9.13. The number of carbonyl (C=O) groups is 2. The number of H-pyrrole nitrogens is 1. The molecule has 160 valence electrons. The lowest BCUT2D eigenvalue weighted by Crippen LogP contribution is -2.12. The molecule has 0 saturated carbocycles. The Hall–Kier alpha value is -3.81. The highest BCUT2D eigenvalue weighted by molar-refractivity contribution is 6.42. The number of rotatable bonds is 6. The Bertz CT molecular complexity index is 1320. The van der Waals surface area contributed by atoms with Crippen LogP contribution in [0, 0.1) is 0 Å². The van der Waals surface area contributed by atoms with Crippen LogP contribution in [0.3, 0.4) is 0 Å². The van der Waals surface area contributed by atoms with Gasteiger partial charge in [0.2, 0.25) is 0 Å². The van der Waals surface area contributed by atoms with Gasteiger partial charge in [-0.15, -0.1) is 0 Å². The molecule has 0 aliphatic carbocycles. The first kappa shape index (κ1) is 21.4. The summed E-state index contributed by atoms with van der Waals surface area (Å²) in [5.74, 6) is -0.610. The lowest BCUT2D eigenvalue weighted by atomic mass is 10.1. The van der Waals surface area contributed by atoms with E-state index in [9.17, 15) is 9.59 Å². The van der Waals surface area contributed by atoms with Crippen LogP contribution in [-0.4, -0.2) is 27.0 Å². The van der Waals surface area contributed by atoms with Gasteiger partial charge in [-0.3, -0.25) is 4.79 Å². The minimum absolute atomic E-state index is 0.109. The molecule has 0 aliphatic heterocycles. The standard InChI is InChI=1S/C23H15Cl2N3O4/c24-18-5-4-15(10-19(18)25)28-22(29)20-9-14(12-27-20)13-2-1-3-16(8-13)32-17-6-7-26-21(11-17)23(30)31/h1-12,27H,(H,28,29)(H,30,31). The highest BCUT2D eigenvalue weighted by Crippen LogP contribution is 2.29. The number of halogens is 2. The Morgan fingerprint density at radius 1 is 0.938 bits per heavy atom. The van der Waals surface area contributed by atoms with Gasteiger partial charge in [0, 0.05) is 29.7 Å². The molecular formula is C23H15Cl2N3O4. The molecule has 2 aromatic heterocycles. The monoisotopic (exact) mass is 467 g/mol. The molecule has 0 fully saturated rings. The van der Waals surface area contributed by atoms with Crippen molar-refractivity contribution in [1.82, 2.24) is 9.97 Å². The summed E-state index contributed by atoms with van der Waals surface area (Å²) in [5.41, 5.74) is 2.35. The molecule has 9 heteroatoms. The van der Waals surface area contributed by atoms with Gasteiger partial charge in [0.25, 0.3) is 5.91 Å². The van der Waals surface area contributed by atoms with Gasteiger partial charge in [-0.1, -0.05) is 35.3 Å². The minimum atomic E-state index is -1.14. The number of nitrogens with one attached hydrogen (secondary N) is 2. The lowest BCUT2D eigenvalue weighted by Gasteiger charge is -2.07. The topological polar surface area (TPSA) is 104 Å². The molecule has 32 heavy (non-hydrogen) atoms. The van der Waals surface area contributed by atoms with Gasteiger partial charge in [-0.25, -0.2) is 9.78 Å². The molecule has 0 saturated heterocycles. The van der Waals surface area contributed by atoms with Crippen molar-refractivity contribution in [2.75, 3.05) is 5.32 Å². The number of pyridine rings is 1. The van der Waals surface area contributed by atoms with E-state index in [1.807, 2.05) is 6.07 Å². The van der Waals surface area contributed by atoms with E-state index >= 15 is 0 Å². The van der Waals surface area contributed by atoms with Crippen molar-refractivity contribution >= 4 is 40.8 Å². The van der Waals surface area contributed by atoms with E-state index in [1.54, 1.807) is 54.7 Å². The maximum Gasteiger partial charge on any atom is 0.354 e. The molecule has 0 radical (unpaired) electrons. The van der Waals surface area contributed by atoms with Gasteiger partial charge in [0.05, 0.1) is 10.0 Å². The number of amides is 1. The predicted molar refractivity (Wildman–Crippen MR) is 122 cm³/mol. The summed E-state index contributed by atoms with van der Waals surface area (Å²) in [6.45, 7) is 0. The highest BCUT2D eigenvalue weighted by atomic mass is 35.5. The van der Waals surface area contributed by atoms with Gasteiger partial charge < -0.3 is 20.1 Å². The summed E-state index contributed by atoms with van der Waals surface area (Å²) in [5, 5.41) is 12.6. The zero-order chi connectivity index (χ0) is 22.7. The number of nitrogens with zero attached hydrogens (tertiary/aromatic N) is 1. The Balaban J connectivity index is 1.50. The lowest BCUT2D eigenvalue weighted by molar-refractivity contribution is 0.0690. The number of benzene rings is 2. The van der Waals surface area contributed by atoms with Gasteiger partial charge >= 0.3 is 5.97 Å². The van der Waals surface area contributed by atoms with Crippen molar-refractivity contribution in [3.63, 3.8) is 0 Å². The molecule has 0 unspecified atom stereocenters. The van der Waals surface area contributed by atoms with Gasteiger partial charge in [-0.2, -0.15) is 0 Å². The zero-order valence-corrected chi connectivity index (χ0v) is 17.8. The second-order valence-corrected chi connectivity index (χ2v) is 7.51. The zero-order valence-electron chi connectivity index (χ0n) is 16.3. The van der Waals surface area contributed by atoms with E-state index in [0.29, 0.717) is 32.9 Å². The molecule has 0 atom stereocenters. The summed E-state index contributed by atoms with van der Waals surface area (Å²) in [7, 11) is 0. The molecule has 1 amide bonds. The largest absolute Gasteiger partial charge is 0.477 e. The number of carboxylic acids is 1. The van der Waals surface area contributed by atoms with Crippen LogP contribution in [0.4, 0.5) is 5.69 Å². The molecule has 2 aromatic carbocycles. The van der Waals surface area contributed by atoms with E-state index < -0.39 is 5.97 Å². The SMILES string of the molecule is O=C(O)c1cc(Oc2cccc(-c3c[nH]c(C(=O)Nc4ccc(Cl)c(Cl)c4)c3)c2)ccn1.